The molecule has 1 N–H and O–H groups in total. The number of hydrogen-bond donors (Lipinski definition) is 1. The Labute approximate surface area is 115 Å². The Hall–Kier alpha value is -1.36. The molecule has 2 aromatic rings. The predicted molar refractivity (Wildman–Crippen MR) is 71.3 cm³/mol. The highest BCUT2D eigenvalue weighted by Crippen LogP contribution is 2.30. The van der Waals surface area contributed by atoms with E-state index < -0.39 is 0 Å². The Kier molecular flexibility index (Phi) is 4.36. The van der Waals surface area contributed by atoms with Crippen molar-refractivity contribution < 1.29 is 4.74 Å². The normalized spacial score (nSPS) is 10.4. The van der Waals surface area contributed by atoms with Crippen molar-refractivity contribution in [3.63, 3.8) is 0 Å². The third-order valence-electron chi connectivity index (χ3n) is 2.16. The highest BCUT2D eigenvalue weighted by molar-refractivity contribution is 6.35. The van der Waals surface area contributed by atoms with Gasteiger partial charge in [0.05, 0.1) is 10.7 Å². The first kappa shape index (κ1) is 13.1. The van der Waals surface area contributed by atoms with Gasteiger partial charge in [-0.1, -0.05) is 23.2 Å². The Bertz CT molecular complexity index is 531. The Morgan fingerprint density at radius 3 is 2.61 bits per heavy atom. The number of halogens is 2. The minimum atomic E-state index is 0.388. The average Bonchev–Trinajstić information content (AvgIpc) is 2.35. The zero-order valence-corrected chi connectivity index (χ0v) is 11.2. The molecule has 0 fully saturated rings. The number of nitrogens with one attached hydrogen (secondary N) is 1. The van der Waals surface area contributed by atoms with Crippen LogP contribution in [-0.4, -0.2) is 17.2 Å². The van der Waals surface area contributed by atoms with Crippen molar-refractivity contribution in [2.75, 3.05) is 7.05 Å². The van der Waals surface area contributed by atoms with Gasteiger partial charge in [-0.2, -0.15) is 5.10 Å². The Morgan fingerprint density at radius 2 is 2.00 bits per heavy atom. The van der Waals surface area contributed by atoms with Crippen LogP contribution in [0.5, 0.6) is 11.6 Å². The van der Waals surface area contributed by atoms with Gasteiger partial charge in [-0.05, 0) is 31.3 Å². The Morgan fingerprint density at radius 1 is 1.17 bits per heavy atom. The van der Waals surface area contributed by atoms with Crippen molar-refractivity contribution in [1.29, 1.82) is 0 Å². The molecule has 0 aliphatic heterocycles. The standard InChI is InChI=1S/C12H11Cl2N3O/c1-15-7-9-3-5-12(17-16-9)18-11-4-2-8(13)6-10(11)14/h2-6,15H,7H2,1H3. The molecule has 2 rings (SSSR count). The van der Waals surface area contributed by atoms with Crippen LogP contribution in [0.4, 0.5) is 0 Å². The van der Waals surface area contributed by atoms with Gasteiger partial charge in [-0.25, -0.2) is 0 Å². The first-order chi connectivity index (χ1) is 8.69. The fourth-order valence-electron chi connectivity index (χ4n) is 1.35. The summed E-state index contributed by atoms with van der Waals surface area (Å²) < 4.78 is 5.51. The summed E-state index contributed by atoms with van der Waals surface area (Å²) in [6.07, 6.45) is 0. The van der Waals surface area contributed by atoms with Crippen LogP contribution >= 0.6 is 23.2 Å². The van der Waals surface area contributed by atoms with E-state index in [1.54, 1.807) is 24.3 Å². The number of nitrogens with zero attached hydrogens (tertiary/aromatic N) is 2. The molecule has 94 valence electrons. The zero-order valence-electron chi connectivity index (χ0n) is 9.65. The summed E-state index contributed by atoms with van der Waals surface area (Å²) in [5, 5.41) is 11.9. The largest absolute Gasteiger partial charge is 0.436 e. The molecule has 0 amide bonds. The highest BCUT2D eigenvalue weighted by Gasteiger charge is 2.05. The fourth-order valence-corrected chi connectivity index (χ4v) is 1.80. The molecule has 0 atom stereocenters. The summed E-state index contributed by atoms with van der Waals surface area (Å²) in [5.41, 5.74) is 0.840. The lowest BCUT2D eigenvalue weighted by atomic mass is 10.3. The van der Waals surface area contributed by atoms with E-state index in [1.165, 1.54) is 0 Å². The van der Waals surface area contributed by atoms with Gasteiger partial charge in [0, 0.05) is 17.6 Å². The maximum Gasteiger partial charge on any atom is 0.238 e. The van der Waals surface area contributed by atoms with Crippen molar-refractivity contribution in [3.8, 4) is 11.6 Å². The van der Waals surface area contributed by atoms with E-state index in [9.17, 15) is 0 Å². The predicted octanol–water partition coefficient (Wildman–Crippen LogP) is 3.30. The second-order valence-corrected chi connectivity index (χ2v) is 4.41. The fraction of sp³-hybridized carbons (Fsp3) is 0.167. The zero-order chi connectivity index (χ0) is 13.0. The van der Waals surface area contributed by atoms with Gasteiger partial charge in [0.2, 0.25) is 5.88 Å². The van der Waals surface area contributed by atoms with E-state index in [-0.39, 0.29) is 0 Å². The third-order valence-corrected chi connectivity index (χ3v) is 2.69. The van der Waals surface area contributed by atoms with Crippen LogP contribution in [0.3, 0.4) is 0 Å². The van der Waals surface area contributed by atoms with Crippen LogP contribution in [0.15, 0.2) is 30.3 Å². The summed E-state index contributed by atoms with van der Waals surface area (Å²) >= 11 is 11.8. The van der Waals surface area contributed by atoms with E-state index in [2.05, 4.69) is 15.5 Å². The quantitative estimate of drug-likeness (QED) is 0.935. The molecule has 0 unspecified atom stereocenters. The van der Waals surface area contributed by atoms with E-state index in [1.807, 2.05) is 13.1 Å². The molecule has 1 aromatic heterocycles. The van der Waals surface area contributed by atoms with Crippen molar-refractivity contribution >= 4 is 23.2 Å². The van der Waals surface area contributed by atoms with Crippen molar-refractivity contribution in [2.24, 2.45) is 0 Å². The smallest absolute Gasteiger partial charge is 0.238 e. The lowest BCUT2D eigenvalue weighted by Crippen LogP contribution is -2.07. The number of aromatic nitrogens is 2. The SMILES string of the molecule is CNCc1ccc(Oc2ccc(Cl)cc2Cl)nn1. The molecule has 1 heterocycles. The molecule has 6 heteroatoms. The first-order valence-corrected chi connectivity index (χ1v) is 6.05. The number of benzene rings is 1. The molecule has 0 radical (unpaired) electrons. The molecule has 1 aromatic carbocycles. The molecule has 4 nitrogen and oxygen atoms in total. The second-order valence-electron chi connectivity index (χ2n) is 3.57. The van der Waals surface area contributed by atoms with Gasteiger partial charge in [-0.3, -0.25) is 0 Å². The maximum absolute atomic E-state index is 5.99. The molecule has 0 saturated carbocycles. The van der Waals surface area contributed by atoms with Gasteiger partial charge in [-0.15, -0.1) is 5.10 Å². The monoisotopic (exact) mass is 283 g/mol. The number of rotatable bonds is 4. The molecule has 0 saturated heterocycles. The lowest BCUT2D eigenvalue weighted by Gasteiger charge is -2.06. The number of hydrogen-bond acceptors (Lipinski definition) is 4. The van der Waals surface area contributed by atoms with Crippen LogP contribution in [0.25, 0.3) is 0 Å². The first-order valence-electron chi connectivity index (χ1n) is 5.29. The third kappa shape index (κ3) is 3.32. The van der Waals surface area contributed by atoms with Crippen molar-refractivity contribution in [2.45, 2.75) is 6.54 Å². The van der Waals surface area contributed by atoms with Crippen molar-refractivity contribution in [1.82, 2.24) is 15.5 Å². The molecule has 0 spiro atoms. The minimum Gasteiger partial charge on any atom is -0.436 e. The number of ether oxygens (including phenoxy) is 1. The summed E-state index contributed by atoms with van der Waals surface area (Å²) in [6, 6.07) is 8.58. The van der Waals surface area contributed by atoms with Gasteiger partial charge >= 0.3 is 0 Å². The molecular weight excluding hydrogens is 273 g/mol. The Balaban J connectivity index is 2.13. The maximum atomic E-state index is 5.99. The van der Waals surface area contributed by atoms with Gasteiger partial charge < -0.3 is 10.1 Å². The van der Waals surface area contributed by atoms with Crippen LogP contribution in [-0.2, 0) is 6.54 Å². The summed E-state index contributed by atoms with van der Waals surface area (Å²) in [6.45, 7) is 0.662. The summed E-state index contributed by atoms with van der Waals surface area (Å²) in [5.74, 6) is 0.885. The van der Waals surface area contributed by atoms with Gasteiger partial charge in [0.1, 0.15) is 5.75 Å². The summed E-state index contributed by atoms with van der Waals surface area (Å²) in [4.78, 5) is 0. The molecule has 18 heavy (non-hydrogen) atoms. The molecular formula is C12H11Cl2N3O. The van der Waals surface area contributed by atoms with Crippen LogP contribution < -0.4 is 10.1 Å². The average molecular weight is 284 g/mol. The topological polar surface area (TPSA) is 47.0 Å². The van der Waals surface area contributed by atoms with E-state index in [0.29, 0.717) is 28.2 Å². The summed E-state index contributed by atoms with van der Waals surface area (Å²) in [7, 11) is 1.85. The van der Waals surface area contributed by atoms with Crippen LogP contribution in [0.2, 0.25) is 10.0 Å². The highest BCUT2D eigenvalue weighted by atomic mass is 35.5. The lowest BCUT2D eigenvalue weighted by molar-refractivity contribution is 0.453. The van der Waals surface area contributed by atoms with Crippen LogP contribution in [0, 0.1) is 0 Å². The van der Waals surface area contributed by atoms with E-state index in [0.717, 1.165) is 5.69 Å². The van der Waals surface area contributed by atoms with E-state index in [4.69, 9.17) is 27.9 Å². The molecule has 0 aliphatic carbocycles. The van der Waals surface area contributed by atoms with Gasteiger partial charge in [0.15, 0.2) is 0 Å². The van der Waals surface area contributed by atoms with Gasteiger partial charge in [0.25, 0.3) is 0 Å². The second kappa shape index (κ2) is 6.00. The van der Waals surface area contributed by atoms with Crippen LogP contribution in [0.1, 0.15) is 5.69 Å². The van der Waals surface area contributed by atoms with Crippen molar-refractivity contribution in [3.05, 3.63) is 46.1 Å². The molecule has 0 aliphatic rings. The minimum absolute atomic E-state index is 0.388. The van der Waals surface area contributed by atoms with E-state index >= 15 is 0 Å². The molecule has 0 bridgehead atoms.